The van der Waals surface area contributed by atoms with Crippen LogP contribution in [0.3, 0.4) is 0 Å². The van der Waals surface area contributed by atoms with Crippen LogP contribution in [-0.2, 0) is 0 Å². The molecule has 42 valence electrons. The molecule has 1 N–H and O–H groups in total. The largest absolute Gasteiger partial charge is 0.508 e. The average molecular weight is 126 g/mol. The summed E-state index contributed by atoms with van der Waals surface area (Å²) in [5.74, 6) is 0.318. The second-order valence-electron chi connectivity index (χ2n) is 1.63. The van der Waals surface area contributed by atoms with Crippen LogP contribution in [0.15, 0.2) is 24.0 Å². The van der Waals surface area contributed by atoms with Crippen molar-refractivity contribution in [1.29, 1.82) is 0 Å². The maximum atomic E-state index is 8.74. The summed E-state index contributed by atoms with van der Waals surface area (Å²) < 4.78 is 0. The van der Waals surface area contributed by atoms with Crippen molar-refractivity contribution in [3.63, 3.8) is 0 Å². The molecule has 0 saturated carbocycles. The van der Waals surface area contributed by atoms with Gasteiger partial charge in [0.05, 0.1) is 0 Å². The third-order valence-electron chi connectivity index (χ3n) is 0.952. The van der Waals surface area contributed by atoms with Gasteiger partial charge in [-0.25, -0.2) is 0 Å². The number of aliphatic hydroxyl groups excluding tert-OH is 1. The summed E-state index contributed by atoms with van der Waals surface area (Å²) in [5, 5.41) is 8.74. The van der Waals surface area contributed by atoms with Crippen molar-refractivity contribution in [3.05, 3.63) is 24.0 Å². The van der Waals surface area contributed by atoms with Gasteiger partial charge in [-0.05, 0) is 18.2 Å². The molecule has 8 heavy (non-hydrogen) atoms. The van der Waals surface area contributed by atoms with Crippen LogP contribution in [-0.4, -0.2) is 9.97 Å². The van der Waals surface area contributed by atoms with Crippen LogP contribution in [0.2, 0.25) is 0 Å². The van der Waals surface area contributed by atoms with Crippen molar-refractivity contribution in [3.8, 4) is 0 Å². The van der Waals surface area contributed by atoms with Gasteiger partial charge in [-0.1, -0.05) is 12.2 Å². The maximum Gasteiger partial charge on any atom is 0.111 e. The fourth-order valence-corrected chi connectivity index (χ4v) is 0.671. The molecule has 0 aromatic heterocycles. The van der Waals surface area contributed by atoms with Gasteiger partial charge in [0.2, 0.25) is 0 Å². The van der Waals surface area contributed by atoms with E-state index in [1.165, 1.54) is 0 Å². The molecule has 1 nitrogen and oxygen atoms in total. The molecule has 0 amide bonds. The van der Waals surface area contributed by atoms with Gasteiger partial charge in [0.25, 0.3) is 0 Å². The number of rotatable bonds is 0. The first kappa shape index (κ1) is 5.51. The van der Waals surface area contributed by atoms with E-state index in [1.807, 2.05) is 0 Å². The Labute approximate surface area is 53.3 Å². The van der Waals surface area contributed by atoms with E-state index in [2.05, 4.69) is 0 Å². The SMILES string of the molecule is OC1=CCC(=S)C=C1. The van der Waals surface area contributed by atoms with Gasteiger partial charge in [0.1, 0.15) is 5.76 Å². The van der Waals surface area contributed by atoms with Crippen LogP contribution in [0.4, 0.5) is 0 Å². The molecule has 0 saturated heterocycles. The van der Waals surface area contributed by atoms with E-state index >= 15 is 0 Å². The zero-order valence-corrected chi connectivity index (χ0v) is 5.11. The lowest BCUT2D eigenvalue weighted by molar-refractivity contribution is 0.430. The molecule has 1 aliphatic rings. The van der Waals surface area contributed by atoms with Crippen molar-refractivity contribution in [2.24, 2.45) is 0 Å². The maximum absolute atomic E-state index is 8.74. The van der Waals surface area contributed by atoms with Crippen LogP contribution < -0.4 is 0 Å². The Morgan fingerprint density at radius 3 is 2.62 bits per heavy atom. The number of aliphatic hydroxyl groups is 1. The lowest BCUT2D eigenvalue weighted by atomic mass is 10.2. The standard InChI is InChI=1S/C6H6OS/c7-5-1-3-6(8)4-2-5/h1-3,7H,4H2. The molecule has 0 unspecified atom stereocenters. The lowest BCUT2D eigenvalue weighted by Gasteiger charge is -1.98. The van der Waals surface area contributed by atoms with E-state index in [9.17, 15) is 0 Å². The fourth-order valence-electron chi connectivity index (χ4n) is 0.520. The van der Waals surface area contributed by atoms with Gasteiger partial charge in [0.15, 0.2) is 0 Å². The van der Waals surface area contributed by atoms with Gasteiger partial charge < -0.3 is 5.11 Å². The summed E-state index contributed by atoms with van der Waals surface area (Å²) in [6.45, 7) is 0. The van der Waals surface area contributed by atoms with Crippen LogP contribution in [0, 0.1) is 0 Å². The molecule has 0 aliphatic heterocycles. The van der Waals surface area contributed by atoms with Crippen molar-refractivity contribution in [2.45, 2.75) is 6.42 Å². The average Bonchev–Trinajstić information content (AvgIpc) is 1.77. The summed E-state index contributed by atoms with van der Waals surface area (Å²) in [4.78, 5) is 0.878. The summed E-state index contributed by atoms with van der Waals surface area (Å²) >= 11 is 4.82. The lowest BCUT2D eigenvalue weighted by Crippen LogP contribution is -1.92. The van der Waals surface area contributed by atoms with Gasteiger partial charge in [0, 0.05) is 11.3 Å². The number of hydrogen-bond acceptors (Lipinski definition) is 2. The summed E-state index contributed by atoms with van der Waals surface area (Å²) in [5.41, 5.74) is 0. The Bertz CT molecular complexity index is 165. The second kappa shape index (κ2) is 2.09. The smallest absolute Gasteiger partial charge is 0.111 e. The highest BCUT2D eigenvalue weighted by Crippen LogP contribution is 2.03. The molecule has 1 rings (SSSR count). The molecule has 2 heteroatoms. The van der Waals surface area contributed by atoms with E-state index in [4.69, 9.17) is 17.3 Å². The van der Waals surface area contributed by atoms with Crippen molar-refractivity contribution in [2.75, 3.05) is 0 Å². The van der Waals surface area contributed by atoms with E-state index < -0.39 is 0 Å². The van der Waals surface area contributed by atoms with E-state index in [0.717, 1.165) is 4.86 Å². The minimum atomic E-state index is 0.318. The molecular formula is C6H6OS. The first-order chi connectivity index (χ1) is 3.79. The topological polar surface area (TPSA) is 20.2 Å². The van der Waals surface area contributed by atoms with Crippen LogP contribution in [0.5, 0.6) is 0 Å². The zero-order valence-electron chi connectivity index (χ0n) is 4.29. The predicted octanol–water partition coefficient (Wildman–Crippen LogP) is 1.76. The third-order valence-corrected chi connectivity index (χ3v) is 1.26. The normalized spacial score (nSPS) is 18.5. The first-order valence-electron chi connectivity index (χ1n) is 2.39. The number of allylic oxidation sites excluding steroid dienone is 3. The van der Waals surface area contributed by atoms with Crippen molar-refractivity contribution in [1.82, 2.24) is 0 Å². The van der Waals surface area contributed by atoms with E-state index in [-0.39, 0.29) is 0 Å². The Balaban J connectivity index is 2.71. The Kier molecular flexibility index (Phi) is 1.44. The highest BCUT2D eigenvalue weighted by Gasteiger charge is 1.95. The highest BCUT2D eigenvalue weighted by atomic mass is 32.1. The Morgan fingerprint density at radius 2 is 2.25 bits per heavy atom. The molecule has 0 fully saturated rings. The minimum Gasteiger partial charge on any atom is -0.508 e. The number of hydrogen-bond donors (Lipinski definition) is 1. The molecule has 0 bridgehead atoms. The second-order valence-corrected chi connectivity index (χ2v) is 2.16. The predicted molar refractivity (Wildman–Crippen MR) is 37.1 cm³/mol. The van der Waals surface area contributed by atoms with Gasteiger partial charge in [-0.2, -0.15) is 0 Å². The highest BCUT2D eigenvalue weighted by molar-refractivity contribution is 7.80. The zero-order chi connectivity index (χ0) is 5.98. The third kappa shape index (κ3) is 1.17. The van der Waals surface area contributed by atoms with Crippen LogP contribution >= 0.6 is 12.2 Å². The number of thiocarbonyl (C=S) groups is 1. The molecule has 0 spiro atoms. The molecule has 1 aliphatic carbocycles. The monoisotopic (exact) mass is 126 g/mol. The van der Waals surface area contributed by atoms with Crippen molar-refractivity contribution >= 4 is 17.1 Å². The van der Waals surface area contributed by atoms with Gasteiger partial charge in [-0.15, -0.1) is 0 Å². The van der Waals surface area contributed by atoms with Gasteiger partial charge >= 0.3 is 0 Å². The molecular weight excluding hydrogens is 120 g/mol. The molecule has 0 aromatic carbocycles. The summed E-state index contributed by atoms with van der Waals surface area (Å²) in [6.07, 6.45) is 5.75. The molecule has 0 heterocycles. The van der Waals surface area contributed by atoms with Crippen LogP contribution in [0.1, 0.15) is 6.42 Å². The minimum absolute atomic E-state index is 0.318. The fraction of sp³-hybridized carbons (Fsp3) is 0.167. The quantitative estimate of drug-likeness (QED) is 0.499. The van der Waals surface area contributed by atoms with Crippen LogP contribution in [0.25, 0.3) is 0 Å². The molecule has 0 atom stereocenters. The summed E-state index contributed by atoms with van der Waals surface area (Å²) in [7, 11) is 0. The Morgan fingerprint density at radius 1 is 1.50 bits per heavy atom. The van der Waals surface area contributed by atoms with Crippen molar-refractivity contribution < 1.29 is 5.11 Å². The van der Waals surface area contributed by atoms with E-state index in [0.29, 0.717) is 12.2 Å². The van der Waals surface area contributed by atoms with E-state index in [1.54, 1.807) is 18.2 Å². The Hall–Kier alpha value is -0.630. The van der Waals surface area contributed by atoms with Gasteiger partial charge in [-0.3, -0.25) is 0 Å². The first-order valence-corrected chi connectivity index (χ1v) is 2.80. The molecule has 0 radical (unpaired) electrons. The molecule has 0 aromatic rings. The summed E-state index contributed by atoms with van der Waals surface area (Å²) in [6, 6.07) is 0.